The fourth-order valence-electron chi connectivity index (χ4n) is 2.74. The molecule has 134 valence electrons. The van der Waals surface area contributed by atoms with Gasteiger partial charge in [0.2, 0.25) is 10.0 Å². The number of carbonyl (C=O) groups excluding carboxylic acids is 1. The van der Waals surface area contributed by atoms with Crippen LogP contribution in [0.2, 0.25) is 0 Å². The van der Waals surface area contributed by atoms with Crippen molar-refractivity contribution in [2.24, 2.45) is 0 Å². The molecule has 1 aromatic carbocycles. The molecule has 1 amide bonds. The Morgan fingerprint density at radius 1 is 1.44 bits per heavy atom. The Hall–Kier alpha value is -2.39. The largest absolute Gasteiger partial charge is 0.497 e. The smallest absolute Gasteiger partial charge is 0.256 e. The molecule has 2 N–H and O–H groups in total. The van der Waals surface area contributed by atoms with Gasteiger partial charge in [0.25, 0.3) is 5.91 Å². The fraction of sp³-hybridized carbons (Fsp3) is 0.375. The molecule has 0 aliphatic carbocycles. The number of nitrogens with one attached hydrogen (secondary N) is 2. The lowest BCUT2D eigenvalue weighted by atomic mass is 10.1. The first kappa shape index (κ1) is 17.4. The summed E-state index contributed by atoms with van der Waals surface area (Å²) < 4.78 is 30.8. The second kappa shape index (κ2) is 6.85. The van der Waals surface area contributed by atoms with Crippen molar-refractivity contribution in [3.05, 3.63) is 41.1 Å². The molecule has 1 aromatic heterocycles. The zero-order chi connectivity index (χ0) is 18.0. The summed E-state index contributed by atoms with van der Waals surface area (Å²) in [6.07, 6.45) is 0.514. The molecule has 0 radical (unpaired) electrons. The third kappa shape index (κ3) is 3.52. The Kier molecular flexibility index (Phi) is 4.78. The number of aromatic nitrogens is 2. The number of hydrogen-bond acceptors (Lipinski definition) is 5. The average Bonchev–Trinajstić information content (AvgIpc) is 3.04. The van der Waals surface area contributed by atoms with Crippen LogP contribution in [0.5, 0.6) is 5.75 Å². The highest BCUT2D eigenvalue weighted by Crippen LogP contribution is 2.26. The van der Waals surface area contributed by atoms with E-state index in [1.165, 1.54) is 11.4 Å². The van der Waals surface area contributed by atoms with Crippen molar-refractivity contribution >= 4 is 21.7 Å². The lowest BCUT2D eigenvalue weighted by molar-refractivity contribution is 0.102. The number of rotatable bonds is 5. The molecule has 0 fully saturated rings. The third-order valence-electron chi connectivity index (χ3n) is 4.21. The van der Waals surface area contributed by atoms with Gasteiger partial charge in [0, 0.05) is 30.6 Å². The highest BCUT2D eigenvalue weighted by molar-refractivity contribution is 7.89. The van der Waals surface area contributed by atoms with E-state index in [9.17, 15) is 13.2 Å². The Bertz CT molecular complexity index is 891. The van der Waals surface area contributed by atoms with Gasteiger partial charge in [-0.25, -0.2) is 8.42 Å². The predicted molar refractivity (Wildman–Crippen MR) is 93.1 cm³/mol. The van der Waals surface area contributed by atoms with E-state index in [0.29, 0.717) is 35.7 Å². The number of carbonyl (C=O) groups is 1. The monoisotopic (exact) mass is 364 g/mol. The molecule has 0 spiro atoms. The molecule has 25 heavy (non-hydrogen) atoms. The van der Waals surface area contributed by atoms with Gasteiger partial charge >= 0.3 is 0 Å². The lowest BCUT2D eigenvalue weighted by Crippen LogP contribution is -2.37. The predicted octanol–water partition coefficient (Wildman–Crippen LogP) is 1.38. The molecule has 2 aromatic rings. The van der Waals surface area contributed by atoms with E-state index in [4.69, 9.17) is 4.74 Å². The number of sulfonamides is 1. The average molecular weight is 364 g/mol. The molecule has 0 atom stereocenters. The van der Waals surface area contributed by atoms with Crippen molar-refractivity contribution in [2.45, 2.75) is 19.9 Å². The molecule has 8 nitrogen and oxygen atoms in total. The minimum absolute atomic E-state index is 0.0473. The Labute approximate surface area is 146 Å². The highest BCUT2D eigenvalue weighted by Gasteiger charge is 2.29. The van der Waals surface area contributed by atoms with Crippen molar-refractivity contribution < 1.29 is 17.9 Å². The summed E-state index contributed by atoms with van der Waals surface area (Å²) in [4.78, 5) is 12.5. The number of benzene rings is 1. The minimum atomic E-state index is -3.29. The molecule has 0 unspecified atom stereocenters. The van der Waals surface area contributed by atoms with E-state index in [1.807, 2.05) is 0 Å². The van der Waals surface area contributed by atoms with E-state index >= 15 is 0 Å². The number of H-pyrrole nitrogens is 1. The number of aromatic amines is 1. The zero-order valence-corrected chi connectivity index (χ0v) is 14.9. The molecule has 9 heteroatoms. The summed E-state index contributed by atoms with van der Waals surface area (Å²) in [5.41, 5.74) is 1.93. The molecule has 0 saturated carbocycles. The quantitative estimate of drug-likeness (QED) is 0.834. The lowest BCUT2D eigenvalue weighted by Gasteiger charge is -2.25. The number of ether oxygens (including phenoxy) is 1. The maximum Gasteiger partial charge on any atom is 0.256 e. The second-order valence-corrected chi connectivity index (χ2v) is 7.95. The Morgan fingerprint density at radius 3 is 2.96 bits per heavy atom. The van der Waals surface area contributed by atoms with Gasteiger partial charge in [-0.05, 0) is 25.1 Å². The van der Waals surface area contributed by atoms with Crippen LogP contribution in [0.4, 0.5) is 5.82 Å². The first-order valence-electron chi connectivity index (χ1n) is 7.94. The Morgan fingerprint density at radius 2 is 2.24 bits per heavy atom. The van der Waals surface area contributed by atoms with Crippen molar-refractivity contribution in [3.63, 3.8) is 0 Å². The van der Waals surface area contributed by atoms with Gasteiger partial charge in [-0.3, -0.25) is 9.89 Å². The van der Waals surface area contributed by atoms with Crippen LogP contribution < -0.4 is 10.1 Å². The van der Waals surface area contributed by atoms with Crippen LogP contribution in [-0.2, 0) is 23.0 Å². The number of amides is 1. The van der Waals surface area contributed by atoms with Gasteiger partial charge in [-0.1, -0.05) is 6.07 Å². The topological polar surface area (TPSA) is 104 Å². The maximum absolute atomic E-state index is 12.5. The van der Waals surface area contributed by atoms with Crippen LogP contribution in [0.1, 0.15) is 28.5 Å². The number of methoxy groups -OCH3 is 1. The van der Waals surface area contributed by atoms with Crippen molar-refractivity contribution in [1.29, 1.82) is 0 Å². The third-order valence-corrected chi connectivity index (χ3v) is 6.04. The SMILES string of the molecule is CCS(=O)(=O)N1CCc2n[nH]c(NC(=O)c3cccc(OC)c3)c2C1. The van der Waals surface area contributed by atoms with Crippen LogP contribution in [0.15, 0.2) is 24.3 Å². The van der Waals surface area contributed by atoms with Gasteiger partial charge < -0.3 is 10.1 Å². The van der Waals surface area contributed by atoms with E-state index in [-0.39, 0.29) is 18.2 Å². The number of hydrogen-bond donors (Lipinski definition) is 2. The van der Waals surface area contributed by atoms with Gasteiger partial charge in [0.15, 0.2) is 0 Å². The fourth-order valence-corrected chi connectivity index (χ4v) is 3.80. The van der Waals surface area contributed by atoms with Crippen LogP contribution >= 0.6 is 0 Å². The molecule has 1 aliphatic heterocycles. The van der Waals surface area contributed by atoms with Gasteiger partial charge in [0.05, 0.1) is 18.6 Å². The van der Waals surface area contributed by atoms with Gasteiger partial charge in [-0.2, -0.15) is 9.40 Å². The standard InChI is InChI=1S/C16H20N4O4S/c1-3-25(22,23)20-8-7-14-13(10-20)15(19-18-14)17-16(21)11-5-4-6-12(9-11)24-2/h4-6,9H,3,7-8,10H2,1-2H3,(H2,17,18,19,21). The summed E-state index contributed by atoms with van der Waals surface area (Å²) in [6.45, 7) is 2.22. The molecular formula is C16H20N4O4S. The van der Waals surface area contributed by atoms with E-state index < -0.39 is 10.0 Å². The number of fused-ring (bicyclic) bond motifs is 1. The summed E-state index contributed by atoms with van der Waals surface area (Å²) >= 11 is 0. The maximum atomic E-state index is 12.5. The van der Waals surface area contributed by atoms with Crippen molar-refractivity contribution in [1.82, 2.24) is 14.5 Å². The molecule has 3 rings (SSSR count). The molecule has 1 aliphatic rings. The summed E-state index contributed by atoms with van der Waals surface area (Å²) in [7, 11) is -1.75. The second-order valence-electron chi connectivity index (χ2n) is 5.69. The number of anilines is 1. The van der Waals surface area contributed by atoms with Gasteiger partial charge in [-0.15, -0.1) is 0 Å². The summed E-state index contributed by atoms with van der Waals surface area (Å²) in [5.74, 6) is 0.741. The van der Waals surface area contributed by atoms with E-state index in [0.717, 1.165) is 5.69 Å². The van der Waals surface area contributed by atoms with Crippen LogP contribution in [0.3, 0.4) is 0 Å². The normalized spacial score (nSPS) is 14.8. The first-order valence-corrected chi connectivity index (χ1v) is 9.55. The van der Waals surface area contributed by atoms with Crippen LogP contribution in [-0.4, -0.2) is 48.2 Å². The molecular weight excluding hydrogens is 344 g/mol. The van der Waals surface area contributed by atoms with E-state index in [1.54, 1.807) is 31.2 Å². The minimum Gasteiger partial charge on any atom is -0.497 e. The van der Waals surface area contributed by atoms with E-state index in [2.05, 4.69) is 15.5 Å². The zero-order valence-electron chi connectivity index (χ0n) is 14.1. The van der Waals surface area contributed by atoms with Crippen molar-refractivity contribution in [3.8, 4) is 5.75 Å². The summed E-state index contributed by atoms with van der Waals surface area (Å²) in [6, 6.07) is 6.79. The van der Waals surface area contributed by atoms with Crippen LogP contribution in [0.25, 0.3) is 0 Å². The number of nitrogens with zero attached hydrogens (tertiary/aromatic N) is 2. The molecule has 0 saturated heterocycles. The first-order chi connectivity index (χ1) is 11.9. The summed E-state index contributed by atoms with van der Waals surface area (Å²) in [5, 5.41) is 9.77. The van der Waals surface area contributed by atoms with Crippen molar-refractivity contribution in [2.75, 3.05) is 24.7 Å². The van der Waals surface area contributed by atoms with Gasteiger partial charge in [0.1, 0.15) is 11.6 Å². The van der Waals surface area contributed by atoms with Crippen LogP contribution in [0, 0.1) is 0 Å². The highest BCUT2D eigenvalue weighted by atomic mass is 32.2. The molecule has 2 heterocycles. The Balaban J connectivity index is 1.81. The molecule has 0 bridgehead atoms.